The highest BCUT2D eigenvalue weighted by Crippen LogP contribution is 2.30. The minimum absolute atomic E-state index is 0.0789. The van der Waals surface area contributed by atoms with Gasteiger partial charge < -0.3 is 24.4 Å². The molecule has 1 saturated heterocycles. The van der Waals surface area contributed by atoms with Crippen molar-refractivity contribution in [1.82, 2.24) is 28.7 Å². The van der Waals surface area contributed by atoms with E-state index in [9.17, 15) is 19.2 Å². The molecule has 0 bridgehead atoms. The Hall–Kier alpha value is -5.51. The zero-order valence-electron chi connectivity index (χ0n) is 36.4. The zero-order chi connectivity index (χ0) is 43.4. The minimum Gasteiger partial charge on any atom is -0.444 e. The number of carbonyl (C=O) groups is 3. The lowest BCUT2D eigenvalue weighted by Crippen LogP contribution is -2.49. The molecule has 0 radical (unpaired) electrons. The first-order valence-corrected chi connectivity index (χ1v) is 24.2. The maximum absolute atomic E-state index is 14.4. The van der Waals surface area contributed by atoms with Gasteiger partial charge in [0.05, 0.1) is 40.8 Å². The molecule has 1 aliphatic heterocycles. The molecule has 15 heteroatoms. The molecule has 60 heavy (non-hydrogen) atoms. The van der Waals surface area contributed by atoms with Crippen LogP contribution in [-0.4, -0.2) is 98.9 Å². The van der Waals surface area contributed by atoms with Crippen molar-refractivity contribution < 1.29 is 28.6 Å². The molecule has 3 aromatic heterocycles. The number of aromatic nitrogens is 4. The van der Waals surface area contributed by atoms with Crippen molar-refractivity contribution in [3.63, 3.8) is 0 Å². The number of benzene rings is 2. The monoisotopic (exact) mass is 837 g/mol. The predicted octanol–water partition coefficient (Wildman–Crippen LogP) is 8.12. The van der Waals surface area contributed by atoms with Crippen LogP contribution in [0.3, 0.4) is 0 Å². The van der Waals surface area contributed by atoms with E-state index in [0.29, 0.717) is 57.1 Å². The largest absolute Gasteiger partial charge is 0.444 e. The number of carbonyl (C=O) groups excluding carboxylic acids is 3. The number of piperazine rings is 1. The second kappa shape index (κ2) is 18.0. The first-order valence-electron chi connectivity index (χ1n) is 20.5. The fourth-order valence-electron chi connectivity index (χ4n) is 6.81. The number of nitrogens with zero attached hydrogens (tertiary/aromatic N) is 6. The lowest BCUT2D eigenvalue weighted by Gasteiger charge is -2.35. The van der Waals surface area contributed by atoms with Gasteiger partial charge in [-0.2, -0.15) is 5.10 Å². The molecule has 320 valence electrons. The van der Waals surface area contributed by atoms with E-state index < -0.39 is 36.8 Å². The van der Waals surface area contributed by atoms with Crippen LogP contribution in [0, 0.1) is 0 Å². The van der Waals surface area contributed by atoms with Crippen LogP contribution in [0.15, 0.2) is 84.0 Å². The SMILES string of the molecule is CC(C)(C)OC(=O)N1CCN(Cc2ccc3c(c2)cc(-c2cc(C(=O)Nc4cnn(Cc5ccccc5)c4)cn(COCC[Si](C)(C)C)c2=O)n3C(=O)OC(C)(C)C)CC1. The van der Waals surface area contributed by atoms with Crippen molar-refractivity contribution in [2.45, 2.75) is 98.2 Å². The third kappa shape index (κ3) is 11.8. The van der Waals surface area contributed by atoms with Crippen LogP contribution in [0.25, 0.3) is 22.2 Å². The summed E-state index contributed by atoms with van der Waals surface area (Å²) < 4.78 is 22.0. The van der Waals surface area contributed by atoms with Gasteiger partial charge in [0.2, 0.25) is 0 Å². The topological polar surface area (TPSA) is 142 Å². The summed E-state index contributed by atoms with van der Waals surface area (Å²) in [5.41, 5.74) is 1.90. The maximum Gasteiger partial charge on any atom is 0.419 e. The summed E-state index contributed by atoms with van der Waals surface area (Å²) in [4.78, 5) is 59.1. The Morgan fingerprint density at radius 3 is 2.15 bits per heavy atom. The summed E-state index contributed by atoms with van der Waals surface area (Å²) in [6, 6.07) is 19.9. The van der Waals surface area contributed by atoms with Gasteiger partial charge in [0.1, 0.15) is 17.9 Å². The molecule has 1 fully saturated rings. The molecular weight excluding hydrogens is 779 g/mol. The van der Waals surface area contributed by atoms with Gasteiger partial charge in [-0.15, -0.1) is 0 Å². The number of nitrogens with one attached hydrogen (secondary N) is 1. The highest BCUT2D eigenvalue weighted by atomic mass is 28.3. The van der Waals surface area contributed by atoms with E-state index in [0.717, 1.165) is 22.6 Å². The van der Waals surface area contributed by atoms with Gasteiger partial charge in [0, 0.05) is 65.2 Å². The second-order valence-corrected chi connectivity index (χ2v) is 24.2. The molecule has 4 heterocycles. The van der Waals surface area contributed by atoms with Crippen molar-refractivity contribution in [2.24, 2.45) is 0 Å². The van der Waals surface area contributed by atoms with Crippen LogP contribution in [0.2, 0.25) is 25.7 Å². The van der Waals surface area contributed by atoms with Gasteiger partial charge in [-0.05, 0) is 83.0 Å². The van der Waals surface area contributed by atoms with E-state index in [-0.39, 0.29) is 29.6 Å². The second-order valence-electron chi connectivity index (χ2n) is 18.6. The van der Waals surface area contributed by atoms with Gasteiger partial charge in [-0.1, -0.05) is 56.0 Å². The number of rotatable bonds is 12. The van der Waals surface area contributed by atoms with Crippen LogP contribution >= 0.6 is 0 Å². The molecule has 2 aromatic carbocycles. The molecule has 0 unspecified atom stereocenters. The van der Waals surface area contributed by atoms with Crippen molar-refractivity contribution in [3.8, 4) is 11.3 Å². The Morgan fingerprint density at radius 2 is 1.48 bits per heavy atom. The minimum atomic E-state index is -1.42. The van der Waals surface area contributed by atoms with Crippen molar-refractivity contribution >= 4 is 42.8 Å². The van der Waals surface area contributed by atoms with E-state index in [1.807, 2.05) is 69.3 Å². The highest BCUT2D eigenvalue weighted by Gasteiger charge is 2.28. The molecule has 1 N–H and O–H groups in total. The van der Waals surface area contributed by atoms with Gasteiger partial charge in [-0.3, -0.25) is 23.7 Å². The number of ether oxygens (including phenoxy) is 3. The van der Waals surface area contributed by atoms with Gasteiger partial charge in [0.25, 0.3) is 11.5 Å². The van der Waals surface area contributed by atoms with Gasteiger partial charge in [0.15, 0.2) is 0 Å². The summed E-state index contributed by atoms with van der Waals surface area (Å²) in [6.45, 7) is 21.7. The number of hydrogen-bond acceptors (Lipinski definition) is 9. The third-order valence-corrected chi connectivity index (χ3v) is 11.5. The first kappa shape index (κ1) is 44.0. The first-order chi connectivity index (χ1) is 28.2. The Labute approximate surface area is 353 Å². The van der Waals surface area contributed by atoms with Crippen molar-refractivity contribution in [2.75, 3.05) is 38.1 Å². The van der Waals surface area contributed by atoms with Crippen LogP contribution in [0.1, 0.15) is 63.0 Å². The molecule has 0 aliphatic carbocycles. The van der Waals surface area contributed by atoms with E-state index in [4.69, 9.17) is 14.2 Å². The Kier molecular flexibility index (Phi) is 13.2. The summed E-state index contributed by atoms with van der Waals surface area (Å²) in [5, 5.41) is 8.08. The number of pyridine rings is 1. The fraction of sp³-hybridized carbons (Fsp3) is 0.444. The zero-order valence-corrected chi connectivity index (χ0v) is 37.4. The number of anilines is 1. The summed E-state index contributed by atoms with van der Waals surface area (Å²) in [6.07, 6.45) is 3.85. The van der Waals surface area contributed by atoms with Gasteiger partial charge in [-0.25, -0.2) is 14.2 Å². The highest BCUT2D eigenvalue weighted by molar-refractivity contribution is 6.76. The molecular formula is C45H59N7O7Si. The quantitative estimate of drug-likeness (QED) is 0.0974. The summed E-state index contributed by atoms with van der Waals surface area (Å²) >= 11 is 0. The average molecular weight is 838 g/mol. The lowest BCUT2D eigenvalue weighted by atomic mass is 10.1. The summed E-state index contributed by atoms with van der Waals surface area (Å²) in [7, 11) is -1.42. The molecule has 2 amide bonds. The molecule has 6 rings (SSSR count). The fourth-order valence-corrected chi connectivity index (χ4v) is 7.56. The van der Waals surface area contributed by atoms with Crippen LogP contribution < -0.4 is 10.9 Å². The van der Waals surface area contributed by atoms with E-state index >= 15 is 0 Å². The van der Waals surface area contributed by atoms with Crippen LogP contribution in [0.5, 0.6) is 0 Å². The van der Waals surface area contributed by atoms with Crippen LogP contribution in [0.4, 0.5) is 15.3 Å². The Balaban J connectivity index is 1.33. The number of hydrogen-bond donors (Lipinski definition) is 1. The predicted molar refractivity (Wildman–Crippen MR) is 236 cm³/mol. The maximum atomic E-state index is 14.4. The van der Waals surface area contributed by atoms with E-state index in [1.54, 1.807) is 48.8 Å². The lowest BCUT2D eigenvalue weighted by molar-refractivity contribution is 0.0138. The van der Waals surface area contributed by atoms with Crippen LogP contribution in [-0.2, 0) is 34.0 Å². The summed E-state index contributed by atoms with van der Waals surface area (Å²) in [5.74, 6) is -0.458. The van der Waals surface area contributed by atoms with Crippen molar-refractivity contribution in [3.05, 3.63) is 106 Å². The normalized spacial score (nSPS) is 14.1. The molecule has 0 spiro atoms. The van der Waals surface area contributed by atoms with E-state index in [2.05, 4.69) is 35.0 Å². The molecule has 0 atom stereocenters. The van der Waals surface area contributed by atoms with Gasteiger partial charge >= 0.3 is 12.2 Å². The van der Waals surface area contributed by atoms with Crippen molar-refractivity contribution in [1.29, 1.82) is 0 Å². The average Bonchev–Trinajstić information content (AvgIpc) is 3.76. The molecule has 14 nitrogen and oxygen atoms in total. The Morgan fingerprint density at radius 1 is 0.800 bits per heavy atom. The molecule has 1 aliphatic rings. The number of amides is 2. The molecule has 0 saturated carbocycles. The number of fused-ring (bicyclic) bond motifs is 1. The standard InChI is InChI=1S/C45H59N7O7Si/c1-44(2,3)58-42(55)49-19-17-48(18-20-49)27-33-15-16-38-34(23-33)25-39(52(38)43(56)59-45(4,5)6)37-24-35(29-50(41(37)54)31-57-21-22-60(7,8)9)40(53)47-36-26-46-51(30-36)28-32-13-11-10-12-14-32/h10-16,23-26,29-30H,17-22,27-28,31H2,1-9H3,(H,47,53). The van der Waals surface area contributed by atoms with E-state index in [1.165, 1.54) is 21.4 Å². The third-order valence-electron chi connectivity index (χ3n) is 9.80. The molecule has 5 aromatic rings. The smallest absolute Gasteiger partial charge is 0.419 e. The Bertz CT molecular complexity index is 2370.